The number of aromatic nitrogens is 4. The molecule has 0 fully saturated rings. The van der Waals surface area contributed by atoms with E-state index in [0.717, 1.165) is 12.1 Å². The fraction of sp³-hybridized carbons (Fsp3) is 0.214. The molecule has 0 aliphatic heterocycles. The third-order valence-corrected chi connectivity index (χ3v) is 3.24. The summed E-state index contributed by atoms with van der Waals surface area (Å²) in [5, 5.41) is 12.8. The van der Waals surface area contributed by atoms with Crippen LogP contribution >= 0.6 is 0 Å². The van der Waals surface area contributed by atoms with E-state index < -0.39 is 23.7 Å². The van der Waals surface area contributed by atoms with Crippen LogP contribution in [-0.2, 0) is 18.9 Å². The molecular weight excluding hydrogens is 352 g/mol. The van der Waals surface area contributed by atoms with Gasteiger partial charge in [-0.2, -0.15) is 30.9 Å². The summed E-state index contributed by atoms with van der Waals surface area (Å²) in [4.78, 5) is 0. The van der Waals surface area contributed by atoms with Crippen LogP contribution < -0.4 is 5.32 Å². The highest BCUT2D eigenvalue weighted by atomic mass is 19.4. The average Bonchev–Trinajstić information content (AvgIpc) is 2.95. The van der Waals surface area contributed by atoms with Crippen molar-refractivity contribution in [3.8, 4) is 0 Å². The zero-order chi connectivity index (χ0) is 18.2. The Morgan fingerprint density at radius 2 is 1.68 bits per heavy atom. The summed E-state index contributed by atoms with van der Waals surface area (Å²) in [6, 6.07) is 7.21. The molecule has 0 aliphatic carbocycles. The van der Waals surface area contributed by atoms with Gasteiger partial charge in [-0.1, -0.05) is 12.1 Å². The monoisotopic (exact) mass is 361 g/mol. The molecule has 0 unspecified atom stereocenters. The molecular formula is C14H9F6N5. The van der Waals surface area contributed by atoms with Crippen LogP contribution in [0.4, 0.5) is 32.2 Å². The number of alkyl halides is 6. The predicted octanol–water partition coefficient (Wildman–Crippen LogP) is 3.77. The number of rotatable bonds is 3. The van der Waals surface area contributed by atoms with Crippen LogP contribution in [0.1, 0.15) is 17.0 Å². The van der Waals surface area contributed by atoms with Crippen molar-refractivity contribution in [3.63, 3.8) is 0 Å². The Morgan fingerprint density at radius 1 is 0.920 bits per heavy atom. The van der Waals surface area contributed by atoms with Crippen LogP contribution in [0.3, 0.4) is 0 Å². The van der Waals surface area contributed by atoms with E-state index in [-0.39, 0.29) is 18.0 Å². The van der Waals surface area contributed by atoms with E-state index in [1.165, 1.54) is 24.3 Å². The van der Waals surface area contributed by atoms with Crippen LogP contribution in [0.5, 0.6) is 0 Å². The van der Waals surface area contributed by atoms with Crippen molar-refractivity contribution in [2.24, 2.45) is 0 Å². The summed E-state index contributed by atoms with van der Waals surface area (Å²) in [6.45, 7) is -0.0497. The molecule has 25 heavy (non-hydrogen) atoms. The Bertz CT molecular complexity index is 899. The fourth-order valence-corrected chi connectivity index (χ4v) is 2.11. The van der Waals surface area contributed by atoms with E-state index in [1.54, 1.807) is 0 Å². The molecule has 0 spiro atoms. The SMILES string of the molecule is FC(F)(F)c1cccc(CNc2ccc3nnc(C(F)(F)F)n3n2)c1. The van der Waals surface area contributed by atoms with Gasteiger partial charge in [0.15, 0.2) is 5.65 Å². The molecule has 0 atom stereocenters. The van der Waals surface area contributed by atoms with Crippen molar-refractivity contribution in [2.75, 3.05) is 5.32 Å². The molecule has 2 aromatic heterocycles. The number of hydrogen-bond acceptors (Lipinski definition) is 4. The van der Waals surface area contributed by atoms with Gasteiger partial charge in [-0.25, -0.2) is 0 Å². The maximum Gasteiger partial charge on any atom is 0.453 e. The second-order valence-electron chi connectivity index (χ2n) is 5.06. The van der Waals surface area contributed by atoms with Gasteiger partial charge < -0.3 is 5.32 Å². The molecule has 0 radical (unpaired) electrons. The number of nitrogens with zero attached hydrogens (tertiary/aromatic N) is 4. The molecule has 0 saturated heterocycles. The Kier molecular flexibility index (Phi) is 4.01. The quantitative estimate of drug-likeness (QED) is 0.722. The van der Waals surface area contributed by atoms with Gasteiger partial charge in [0.05, 0.1) is 5.56 Å². The molecule has 11 heteroatoms. The minimum atomic E-state index is -4.73. The maximum absolute atomic E-state index is 12.8. The number of hydrogen-bond donors (Lipinski definition) is 1. The highest BCUT2D eigenvalue weighted by Crippen LogP contribution is 2.30. The predicted molar refractivity (Wildman–Crippen MR) is 74.6 cm³/mol. The average molecular weight is 361 g/mol. The molecule has 5 nitrogen and oxygen atoms in total. The normalized spacial score (nSPS) is 12.6. The van der Waals surface area contributed by atoms with Crippen molar-refractivity contribution in [3.05, 3.63) is 53.3 Å². The van der Waals surface area contributed by atoms with E-state index in [2.05, 4.69) is 20.6 Å². The molecule has 2 heterocycles. The molecule has 1 aromatic carbocycles. The fourth-order valence-electron chi connectivity index (χ4n) is 2.11. The molecule has 3 rings (SSSR count). The number of halogens is 6. The van der Waals surface area contributed by atoms with Gasteiger partial charge in [-0.3, -0.25) is 0 Å². The topological polar surface area (TPSA) is 55.1 Å². The lowest BCUT2D eigenvalue weighted by atomic mass is 10.1. The summed E-state index contributed by atoms with van der Waals surface area (Å²) in [5.41, 5.74) is -0.609. The standard InChI is InChI=1S/C14H9F6N5/c15-13(16,17)9-3-1-2-8(6-9)7-21-10-4-5-11-22-23-12(14(18,19)20)25(11)24-10/h1-6H,7H2,(H,21,24). The van der Waals surface area contributed by atoms with Crippen molar-refractivity contribution >= 4 is 11.5 Å². The molecule has 132 valence electrons. The van der Waals surface area contributed by atoms with Gasteiger partial charge in [-0.05, 0) is 29.8 Å². The molecule has 0 aliphatic rings. The van der Waals surface area contributed by atoms with E-state index in [9.17, 15) is 26.3 Å². The number of benzene rings is 1. The number of anilines is 1. The minimum Gasteiger partial charge on any atom is -0.365 e. The van der Waals surface area contributed by atoms with Crippen LogP contribution in [0.2, 0.25) is 0 Å². The van der Waals surface area contributed by atoms with E-state index in [4.69, 9.17) is 0 Å². The van der Waals surface area contributed by atoms with E-state index >= 15 is 0 Å². The Morgan fingerprint density at radius 3 is 2.36 bits per heavy atom. The third-order valence-electron chi connectivity index (χ3n) is 3.24. The lowest BCUT2D eigenvalue weighted by Crippen LogP contribution is -2.13. The molecule has 1 N–H and O–H groups in total. The minimum absolute atomic E-state index is 0.0372. The Labute approximate surface area is 136 Å². The Balaban J connectivity index is 1.82. The van der Waals surface area contributed by atoms with Gasteiger partial charge in [0.2, 0.25) is 0 Å². The highest BCUT2D eigenvalue weighted by molar-refractivity contribution is 5.44. The van der Waals surface area contributed by atoms with Gasteiger partial charge in [0.1, 0.15) is 5.82 Å². The summed E-state index contributed by atoms with van der Waals surface area (Å²) >= 11 is 0. The molecule has 0 amide bonds. The largest absolute Gasteiger partial charge is 0.453 e. The first-order valence-electron chi connectivity index (χ1n) is 6.84. The van der Waals surface area contributed by atoms with Gasteiger partial charge in [-0.15, -0.1) is 15.3 Å². The lowest BCUT2D eigenvalue weighted by molar-refractivity contribution is -0.146. The maximum atomic E-state index is 12.8. The smallest absolute Gasteiger partial charge is 0.365 e. The van der Waals surface area contributed by atoms with Crippen molar-refractivity contribution in [1.82, 2.24) is 19.8 Å². The van der Waals surface area contributed by atoms with E-state index in [1.807, 2.05) is 0 Å². The summed E-state index contributed by atoms with van der Waals surface area (Å²) in [5.74, 6) is -1.25. The molecule has 0 saturated carbocycles. The van der Waals surface area contributed by atoms with Crippen LogP contribution in [0.25, 0.3) is 5.65 Å². The van der Waals surface area contributed by atoms with E-state index in [0.29, 0.717) is 10.1 Å². The first-order valence-corrected chi connectivity index (χ1v) is 6.84. The van der Waals surface area contributed by atoms with Crippen molar-refractivity contribution in [2.45, 2.75) is 18.9 Å². The zero-order valence-electron chi connectivity index (χ0n) is 12.2. The van der Waals surface area contributed by atoms with Gasteiger partial charge in [0.25, 0.3) is 5.82 Å². The molecule has 0 bridgehead atoms. The lowest BCUT2D eigenvalue weighted by Gasteiger charge is -2.10. The second-order valence-corrected chi connectivity index (χ2v) is 5.06. The Hall–Kier alpha value is -2.85. The van der Waals surface area contributed by atoms with Crippen molar-refractivity contribution < 1.29 is 26.3 Å². The van der Waals surface area contributed by atoms with Crippen LogP contribution in [-0.4, -0.2) is 19.8 Å². The third kappa shape index (κ3) is 3.64. The van der Waals surface area contributed by atoms with Crippen LogP contribution in [0, 0.1) is 0 Å². The second kappa shape index (κ2) is 5.90. The first-order chi connectivity index (χ1) is 11.6. The van der Waals surface area contributed by atoms with Crippen molar-refractivity contribution in [1.29, 1.82) is 0 Å². The summed E-state index contributed by atoms with van der Waals surface area (Å²) in [7, 11) is 0. The van der Waals surface area contributed by atoms with Gasteiger partial charge in [0, 0.05) is 6.54 Å². The van der Waals surface area contributed by atoms with Crippen LogP contribution in [0.15, 0.2) is 36.4 Å². The van der Waals surface area contributed by atoms with Gasteiger partial charge >= 0.3 is 12.4 Å². The molecule has 3 aromatic rings. The first kappa shape index (κ1) is 17.0. The number of nitrogens with one attached hydrogen (secondary N) is 1. The zero-order valence-corrected chi connectivity index (χ0v) is 12.2. The summed E-state index contributed by atoms with van der Waals surface area (Å²) < 4.78 is 76.9. The number of fused-ring (bicyclic) bond motifs is 1. The highest BCUT2D eigenvalue weighted by Gasteiger charge is 2.37. The summed E-state index contributed by atoms with van der Waals surface area (Å²) in [6.07, 6.45) is -9.21.